The largest absolute Gasteiger partial charge is 0.0768 e. The smallest absolute Gasteiger partial charge is 0.00209 e. The predicted octanol–water partition coefficient (Wildman–Crippen LogP) is 2.45. The van der Waals surface area contributed by atoms with Crippen LogP contribution in [0.4, 0.5) is 0 Å². The summed E-state index contributed by atoms with van der Waals surface area (Å²) in [7, 11) is 0. The number of rotatable bonds is 0. The summed E-state index contributed by atoms with van der Waals surface area (Å²) >= 11 is 0. The minimum absolute atomic E-state index is 0.804. The van der Waals surface area contributed by atoms with Crippen LogP contribution in [0.5, 0.6) is 0 Å². The fourth-order valence-corrected chi connectivity index (χ4v) is 1.14. The molecule has 1 unspecified atom stereocenters. The van der Waals surface area contributed by atoms with E-state index in [1.165, 1.54) is 12.0 Å². The zero-order valence-corrected chi connectivity index (χ0v) is 5.59. The maximum absolute atomic E-state index is 2.30. The van der Waals surface area contributed by atoms with Gasteiger partial charge < -0.3 is 0 Å². The zero-order chi connectivity index (χ0) is 6.27. The van der Waals surface area contributed by atoms with E-state index in [0.717, 1.165) is 5.92 Å². The summed E-state index contributed by atoms with van der Waals surface area (Å²) in [6.45, 7) is 2.14. The topological polar surface area (TPSA) is 0 Å². The van der Waals surface area contributed by atoms with Gasteiger partial charge in [0.25, 0.3) is 0 Å². The lowest BCUT2D eigenvalue weighted by Crippen LogP contribution is -1.64. The van der Waals surface area contributed by atoms with Gasteiger partial charge in [0.1, 0.15) is 0 Å². The summed E-state index contributed by atoms with van der Waals surface area (Å²) in [5.41, 5.74) is 2.97. The van der Waals surface area contributed by atoms with E-state index in [-0.39, 0.29) is 0 Å². The molecule has 2 rings (SSSR count). The SMILES string of the molecule is CC1=CC=C2CC2C=C1. The van der Waals surface area contributed by atoms with Crippen LogP contribution >= 0.6 is 0 Å². The Balaban J connectivity index is 2.35. The van der Waals surface area contributed by atoms with Crippen molar-refractivity contribution in [3.8, 4) is 0 Å². The molecule has 0 heterocycles. The average Bonchev–Trinajstić information content (AvgIpc) is 2.54. The van der Waals surface area contributed by atoms with Crippen LogP contribution in [-0.2, 0) is 0 Å². The number of fused-ring (bicyclic) bond motifs is 1. The highest BCUT2D eigenvalue weighted by Crippen LogP contribution is 2.40. The van der Waals surface area contributed by atoms with Crippen molar-refractivity contribution in [2.75, 3.05) is 0 Å². The molecule has 0 spiro atoms. The van der Waals surface area contributed by atoms with Crippen molar-refractivity contribution in [2.24, 2.45) is 5.92 Å². The van der Waals surface area contributed by atoms with E-state index >= 15 is 0 Å². The van der Waals surface area contributed by atoms with E-state index in [2.05, 4.69) is 31.2 Å². The van der Waals surface area contributed by atoms with Gasteiger partial charge in [-0.25, -0.2) is 0 Å². The fourth-order valence-electron chi connectivity index (χ4n) is 1.14. The highest BCUT2D eigenvalue weighted by Gasteiger charge is 2.26. The predicted molar refractivity (Wildman–Crippen MR) is 39.1 cm³/mol. The molecule has 1 atom stereocenters. The number of allylic oxidation sites excluding steroid dienone is 6. The molecule has 0 nitrogen and oxygen atoms in total. The Morgan fingerprint density at radius 1 is 1.44 bits per heavy atom. The molecular weight excluding hydrogens is 108 g/mol. The van der Waals surface area contributed by atoms with Gasteiger partial charge in [-0.1, -0.05) is 35.5 Å². The van der Waals surface area contributed by atoms with Crippen molar-refractivity contribution in [1.82, 2.24) is 0 Å². The molecule has 0 aromatic carbocycles. The lowest BCUT2D eigenvalue weighted by molar-refractivity contribution is 1.16. The normalized spacial score (nSPS) is 30.1. The molecule has 46 valence electrons. The van der Waals surface area contributed by atoms with E-state index in [1.54, 1.807) is 5.57 Å². The first kappa shape index (κ1) is 5.04. The maximum atomic E-state index is 2.30. The summed E-state index contributed by atoms with van der Waals surface area (Å²) in [6, 6.07) is 0. The molecule has 0 amide bonds. The van der Waals surface area contributed by atoms with Crippen LogP contribution in [0.25, 0.3) is 0 Å². The van der Waals surface area contributed by atoms with Crippen LogP contribution in [0.15, 0.2) is 35.5 Å². The van der Waals surface area contributed by atoms with E-state index in [1.807, 2.05) is 0 Å². The lowest BCUT2D eigenvalue weighted by Gasteiger charge is -1.83. The standard InChI is InChI=1S/C9H10/c1-7-2-4-8-6-9(8)5-3-7/h2-5,8H,6H2,1H3. The van der Waals surface area contributed by atoms with Crippen molar-refractivity contribution in [3.63, 3.8) is 0 Å². The highest BCUT2D eigenvalue weighted by atomic mass is 14.3. The molecule has 0 heteroatoms. The first-order valence-electron chi connectivity index (χ1n) is 3.42. The van der Waals surface area contributed by atoms with Gasteiger partial charge in [0.05, 0.1) is 0 Å². The number of hydrogen-bond donors (Lipinski definition) is 0. The van der Waals surface area contributed by atoms with Crippen LogP contribution in [-0.4, -0.2) is 0 Å². The molecular formula is C9H10. The van der Waals surface area contributed by atoms with Crippen molar-refractivity contribution < 1.29 is 0 Å². The summed E-state index contributed by atoms with van der Waals surface area (Å²) in [5.74, 6) is 0.804. The van der Waals surface area contributed by atoms with Crippen molar-refractivity contribution in [3.05, 3.63) is 35.5 Å². The van der Waals surface area contributed by atoms with Crippen LogP contribution in [0, 0.1) is 5.92 Å². The first-order chi connectivity index (χ1) is 4.36. The molecule has 2 aliphatic rings. The van der Waals surface area contributed by atoms with Gasteiger partial charge in [-0.3, -0.25) is 0 Å². The second kappa shape index (κ2) is 1.60. The van der Waals surface area contributed by atoms with Gasteiger partial charge in [-0.15, -0.1) is 0 Å². The quantitative estimate of drug-likeness (QED) is 0.458. The zero-order valence-electron chi connectivity index (χ0n) is 5.59. The van der Waals surface area contributed by atoms with E-state index in [0.29, 0.717) is 0 Å². The molecule has 1 saturated carbocycles. The average molecular weight is 118 g/mol. The lowest BCUT2D eigenvalue weighted by atomic mass is 10.2. The molecule has 0 aromatic heterocycles. The minimum atomic E-state index is 0.804. The Kier molecular flexibility index (Phi) is 0.895. The third kappa shape index (κ3) is 0.849. The third-order valence-electron chi connectivity index (χ3n) is 1.92. The van der Waals surface area contributed by atoms with Gasteiger partial charge in [0.2, 0.25) is 0 Å². The van der Waals surface area contributed by atoms with E-state index in [9.17, 15) is 0 Å². The van der Waals surface area contributed by atoms with Crippen molar-refractivity contribution in [1.29, 1.82) is 0 Å². The Morgan fingerprint density at radius 2 is 2.33 bits per heavy atom. The second-order valence-corrected chi connectivity index (χ2v) is 2.82. The van der Waals surface area contributed by atoms with Gasteiger partial charge in [0.15, 0.2) is 0 Å². The maximum Gasteiger partial charge on any atom is 0.00209 e. The number of hydrogen-bond acceptors (Lipinski definition) is 0. The molecule has 0 aliphatic heterocycles. The van der Waals surface area contributed by atoms with Crippen molar-refractivity contribution in [2.45, 2.75) is 13.3 Å². The highest BCUT2D eigenvalue weighted by molar-refractivity contribution is 5.40. The Hall–Kier alpha value is -0.780. The van der Waals surface area contributed by atoms with Gasteiger partial charge >= 0.3 is 0 Å². The molecule has 0 aromatic rings. The molecule has 9 heavy (non-hydrogen) atoms. The molecule has 2 aliphatic carbocycles. The summed E-state index contributed by atoms with van der Waals surface area (Å²) in [4.78, 5) is 0. The van der Waals surface area contributed by atoms with Crippen LogP contribution in [0.1, 0.15) is 13.3 Å². The molecule has 0 bridgehead atoms. The van der Waals surface area contributed by atoms with Crippen LogP contribution in [0.3, 0.4) is 0 Å². The Labute approximate surface area is 55.6 Å². The van der Waals surface area contributed by atoms with Gasteiger partial charge in [-0.05, 0) is 13.3 Å². The monoisotopic (exact) mass is 118 g/mol. The minimum Gasteiger partial charge on any atom is -0.0768 e. The third-order valence-corrected chi connectivity index (χ3v) is 1.92. The fraction of sp³-hybridized carbons (Fsp3) is 0.333. The first-order valence-corrected chi connectivity index (χ1v) is 3.42. The van der Waals surface area contributed by atoms with Gasteiger partial charge in [0, 0.05) is 5.92 Å². The molecule has 0 saturated heterocycles. The van der Waals surface area contributed by atoms with Crippen LogP contribution in [0.2, 0.25) is 0 Å². The Bertz CT molecular complexity index is 216. The summed E-state index contributed by atoms with van der Waals surface area (Å²) in [6.07, 6.45) is 10.3. The van der Waals surface area contributed by atoms with E-state index in [4.69, 9.17) is 0 Å². The summed E-state index contributed by atoms with van der Waals surface area (Å²) < 4.78 is 0. The molecule has 1 fully saturated rings. The van der Waals surface area contributed by atoms with Gasteiger partial charge in [-0.2, -0.15) is 0 Å². The molecule has 0 radical (unpaired) electrons. The summed E-state index contributed by atoms with van der Waals surface area (Å²) in [5, 5.41) is 0. The van der Waals surface area contributed by atoms with Crippen LogP contribution < -0.4 is 0 Å². The van der Waals surface area contributed by atoms with E-state index < -0.39 is 0 Å². The molecule has 0 N–H and O–H groups in total. The second-order valence-electron chi connectivity index (χ2n) is 2.82. The van der Waals surface area contributed by atoms with Crippen molar-refractivity contribution >= 4 is 0 Å². The Morgan fingerprint density at radius 3 is 3.22 bits per heavy atom.